The molecule has 1 amide bonds. The average Bonchev–Trinajstić information content (AvgIpc) is 2.34. The van der Waals surface area contributed by atoms with Crippen molar-refractivity contribution in [3.05, 3.63) is 0 Å². The van der Waals surface area contributed by atoms with Crippen molar-refractivity contribution >= 4 is 23.6 Å². The highest BCUT2D eigenvalue weighted by atomic mass is 32.2. The molecule has 112 valence electrons. The number of hydrogen-bond donors (Lipinski definition) is 2. The summed E-state index contributed by atoms with van der Waals surface area (Å²) in [5.74, 6) is 2.11. The predicted octanol–water partition coefficient (Wildman–Crippen LogP) is 2.14. The van der Waals surface area contributed by atoms with Crippen LogP contribution in [0.15, 0.2) is 0 Å². The van der Waals surface area contributed by atoms with Crippen LogP contribution in [0.5, 0.6) is 0 Å². The van der Waals surface area contributed by atoms with E-state index in [-0.39, 0.29) is 17.4 Å². The van der Waals surface area contributed by atoms with Crippen LogP contribution < -0.4 is 5.32 Å². The van der Waals surface area contributed by atoms with Crippen molar-refractivity contribution in [1.29, 1.82) is 0 Å². The first-order chi connectivity index (χ1) is 9.55. The molecule has 4 fully saturated rings. The molecule has 0 radical (unpaired) electrons. The highest BCUT2D eigenvalue weighted by Crippen LogP contribution is 2.59. The van der Waals surface area contributed by atoms with Gasteiger partial charge in [0.15, 0.2) is 0 Å². The van der Waals surface area contributed by atoms with Crippen molar-refractivity contribution in [3.8, 4) is 0 Å². The number of carboxylic acids is 1. The molecule has 0 atom stereocenters. The minimum absolute atomic E-state index is 0.00475. The first kappa shape index (κ1) is 14.2. The lowest BCUT2D eigenvalue weighted by Gasteiger charge is -2.56. The minimum Gasteiger partial charge on any atom is -0.481 e. The van der Waals surface area contributed by atoms with Gasteiger partial charge in [-0.05, 0) is 61.7 Å². The minimum atomic E-state index is -0.858. The lowest BCUT2D eigenvalue weighted by atomic mass is 9.49. The molecule has 4 aliphatic rings. The Morgan fingerprint density at radius 1 is 1.05 bits per heavy atom. The summed E-state index contributed by atoms with van der Waals surface area (Å²) < 4.78 is 0. The second-order valence-electron chi connectivity index (χ2n) is 7.08. The number of amides is 1. The topological polar surface area (TPSA) is 66.4 Å². The molecule has 4 saturated carbocycles. The van der Waals surface area contributed by atoms with Gasteiger partial charge in [0.25, 0.3) is 0 Å². The van der Waals surface area contributed by atoms with Crippen molar-refractivity contribution in [2.24, 2.45) is 23.2 Å². The predicted molar refractivity (Wildman–Crippen MR) is 78.6 cm³/mol. The second-order valence-corrected chi connectivity index (χ2v) is 8.07. The molecule has 0 aliphatic heterocycles. The Bertz CT molecular complexity index is 375. The van der Waals surface area contributed by atoms with E-state index in [1.807, 2.05) is 0 Å². The number of rotatable bonds is 6. The summed E-state index contributed by atoms with van der Waals surface area (Å²) in [5.41, 5.74) is 0.363. The fourth-order valence-corrected chi connectivity index (χ4v) is 5.64. The van der Waals surface area contributed by atoms with Gasteiger partial charge in [0, 0.05) is 6.54 Å². The summed E-state index contributed by atoms with van der Waals surface area (Å²) in [7, 11) is 0. The van der Waals surface area contributed by atoms with Crippen molar-refractivity contribution in [2.75, 3.05) is 18.1 Å². The molecule has 0 aromatic rings. The Kier molecular flexibility index (Phi) is 3.98. The first-order valence-corrected chi connectivity index (χ1v) is 8.76. The molecule has 0 aromatic carbocycles. The third kappa shape index (κ3) is 3.13. The molecule has 4 nitrogen and oxygen atoms in total. The molecule has 0 heterocycles. The summed E-state index contributed by atoms with van der Waals surface area (Å²) in [6.07, 6.45) is 8.13. The molecule has 0 unspecified atom stereocenters. The quantitative estimate of drug-likeness (QED) is 0.788. The monoisotopic (exact) mass is 297 g/mol. The molecule has 0 saturated heterocycles. The van der Waals surface area contributed by atoms with E-state index in [9.17, 15) is 9.59 Å². The number of carbonyl (C=O) groups excluding carboxylic acids is 1. The van der Waals surface area contributed by atoms with Crippen LogP contribution in [0.4, 0.5) is 0 Å². The Balaban J connectivity index is 1.46. The van der Waals surface area contributed by atoms with Gasteiger partial charge in [-0.25, -0.2) is 0 Å². The summed E-state index contributed by atoms with van der Waals surface area (Å²) in [6, 6.07) is 0. The van der Waals surface area contributed by atoms with E-state index in [4.69, 9.17) is 5.11 Å². The lowest BCUT2D eigenvalue weighted by Crippen LogP contribution is -2.51. The standard InChI is InChI=1S/C15H23NO3S/c17-13(7-20-8-14(18)19)16-9-15-4-10-1-11(5-15)3-12(2-10)6-15/h10-12H,1-9H2,(H,16,17)(H,18,19). The number of aliphatic carboxylic acids is 1. The molecule has 4 rings (SSSR count). The lowest BCUT2D eigenvalue weighted by molar-refractivity contribution is -0.133. The van der Waals surface area contributed by atoms with Crippen molar-refractivity contribution in [1.82, 2.24) is 5.32 Å². The SMILES string of the molecule is O=C(O)CSCC(=O)NCC12CC3CC(CC(C3)C1)C2. The van der Waals surface area contributed by atoms with E-state index < -0.39 is 5.97 Å². The zero-order valence-corrected chi connectivity index (χ0v) is 12.6. The van der Waals surface area contributed by atoms with E-state index in [0.717, 1.165) is 24.3 Å². The van der Waals surface area contributed by atoms with E-state index in [0.29, 0.717) is 5.41 Å². The average molecular weight is 297 g/mol. The molecule has 5 heteroatoms. The zero-order chi connectivity index (χ0) is 14.2. The molecule has 0 spiro atoms. The van der Waals surface area contributed by atoms with Crippen LogP contribution >= 0.6 is 11.8 Å². The van der Waals surface area contributed by atoms with Crippen LogP contribution in [0.3, 0.4) is 0 Å². The van der Waals surface area contributed by atoms with Gasteiger partial charge in [-0.3, -0.25) is 9.59 Å². The largest absolute Gasteiger partial charge is 0.481 e. The molecule has 2 N–H and O–H groups in total. The van der Waals surface area contributed by atoms with Gasteiger partial charge < -0.3 is 10.4 Å². The number of nitrogens with one attached hydrogen (secondary N) is 1. The van der Waals surface area contributed by atoms with Crippen LogP contribution in [0.25, 0.3) is 0 Å². The third-order valence-electron chi connectivity index (χ3n) is 5.28. The number of carbonyl (C=O) groups is 2. The van der Waals surface area contributed by atoms with Gasteiger partial charge in [0.05, 0.1) is 11.5 Å². The summed E-state index contributed by atoms with van der Waals surface area (Å²) in [5, 5.41) is 11.6. The van der Waals surface area contributed by atoms with Gasteiger partial charge in [0.2, 0.25) is 5.91 Å². The summed E-state index contributed by atoms with van der Waals surface area (Å²) in [6.45, 7) is 0.808. The molecular formula is C15H23NO3S. The molecule has 4 bridgehead atoms. The number of thioether (sulfide) groups is 1. The smallest absolute Gasteiger partial charge is 0.313 e. The maximum Gasteiger partial charge on any atom is 0.313 e. The molecule has 4 aliphatic carbocycles. The Morgan fingerprint density at radius 2 is 1.60 bits per heavy atom. The van der Waals surface area contributed by atoms with Gasteiger partial charge in [0.1, 0.15) is 0 Å². The highest BCUT2D eigenvalue weighted by molar-refractivity contribution is 8.00. The molecule has 20 heavy (non-hydrogen) atoms. The van der Waals surface area contributed by atoms with Gasteiger partial charge in [-0.1, -0.05) is 0 Å². The third-order valence-corrected chi connectivity index (χ3v) is 6.20. The van der Waals surface area contributed by atoms with Crippen LogP contribution in [0.2, 0.25) is 0 Å². The van der Waals surface area contributed by atoms with Crippen LogP contribution in [-0.4, -0.2) is 35.0 Å². The summed E-state index contributed by atoms with van der Waals surface area (Å²) >= 11 is 1.17. The van der Waals surface area contributed by atoms with Crippen molar-refractivity contribution in [2.45, 2.75) is 38.5 Å². The number of carboxylic acid groups (broad SMARTS) is 1. The van der Waals surface area contributed by atoms with E-state index >= 15 is 0 Å². The molecule has 0 aromatic heterocycles. The van der Waals surface area contributed by atoms with E-state index in [1.54, 1.807) is 0 Å². The summed E-state index contributed by atoms with van der Waals surface area (Å²) in [4.78, 5) is 22.2. The maximum absolute atomic E-state index is 11.8. The Morgan fingerprint density at radius 3 is 2.10 bits per heavy atom. The highest BCUT2D eigenvalue weighted by Gasteiger charge is 2.50. The zero-order valence-electron chi connectivity index (χ0n) is 11.8. The Hall–Kier alpha value is -0.710. The van der Waals surface area contributed by atoms with E-state index in [2.05, 4.69) is 5.32 Å². The fourth-order valence-electron chi connectivity index (χ4n) is 5.07. The van der Waals surface area contributed by atoms with Crippen LogP contribution in [0.1, 0.15) is 38.5 Å². The van der Waals surface area contributed by atoms with Gasteiger partial charge in [-0.15, -0.1) is 11.8 Å². The van der Waals surface area contributed by atoms with Crippen molar-refractivity contribution in [3.63, 3.8) is 0 Å². The fraction of sp³-hybridized carbons (Fsp3) is 0.867. The van der Waals surface area contributed by atoms with Gasteiger partial charge in [-0.2, -0.15) is 0 Å². The first-order valence-electron chi connectivity index (χ1n) is 7.61. The van der Waals surface area contributed by atoms with Gasteiger partial charge >= 0.3 is 5.97 Å². The van der Waals surface area contributed by atoms with Crippen molar-refractivity contribution < 1.29 is 14.7 Å². The van der Waals surface area contributed by atoms with Crippen LogP contribution in [-0.2, 0) is 9.59 Å². The van der Waals surface area contributed by atoms with E-state index in [1.165, 1.54) is 50.3 Å². The normalized spacial score (nSPS) is 37.9. The Labute approximate surface area is 124 Å². The van der Waals surface area contributed by atoms with Crippen LogP contribution in [0, 0.1) is 23.2 Å². The number of hydrogen-bond acceptors (Lipinski definition) is 3. The maximum atomic E-state index is 11.8. The second kappa shape index (κ2) is 5.58. The molecular weight excluding hydrogens is 274 g/mol.